The summed E-state index contributed by atoms with van der Waals surface area (Å²) in [6, 6.07) is 4.97. The number of aliphatic hydroxyl groups excluding tert-OH is 1. The van der Waals surface area contributed by atoms with Crippen molar-refractivity contribution in [2.45, 2.75) is 45.4 Å². The number of hydrogen-bond acceptors (Lipinski definition) is 4. The molecule has 0 spiro atoms. The first-order valence-electron chi connectivity index (χ1n) is 6.86. The standard InChI is InChI=1S/C15H22N2O3/c1-5-17-11-8-10(13(18)9(2)16)6-7-12(11)20-15(3,4)14(17)19/h6-9,13,18H,5,16H2,1-4H3. The molecular weight excluding hydrogens is 256 g/mol. The summed E-state index contributed by atoms with van der Waals surface area (Å²) in [4.78, 5) is 14.0. The van der Waals surface area contributed by atoms with Gasteiger partial charge < -0.3 is 20.5 Å². The number of fused-ring (bicyclic) bond motifs is 1. The highest BCUT2D eigenvalue weighted by atomic mass is 16.5. The van der Waals surface area contributed by atoms with Gasteiger partial charge in [-0.25, -0.2) is 0 Å². The third-order valence-electron chi connectivity index (χ3n) is 3.55. The molecule has 1 heterocycles. The smallest absolute Gasteiger partial charge is 0.270 e. The van der Waals surface area contributed by atoms with Crippen molar-refractivity contribution < 1.29 is 14.6 Å². The minimum absolute atomic E-state index is 0.0834. The van der Waals surface area contributed by atoms with Crippen LogP contribution >= 0.6 is 0 Å². The van der Waals surface area contributed by atoms with Crippen molar-refractivity contribution >= 4 is 11.6 Å². The predicted molar refractivity (Wildman–Crippen MR) is 77.8 cm³/mol. The number of likely N-dealkylation sites (N-methyl/N-ethyl adjacent to an activating group) is 1. The van der Waals surface area contributed by atoms with Gasteiger partial charge in [-0.05, 0) is 45.4 Å². The van der Waals surface area contributed by atoms with Crippen LogP contribution in [0.25, 0.3) is 0 Å². The Hall–Kier alpha value is -1.59. The summed E-state index contributed by atoms with van der Waals surface area (Å²) in [6.07, 6.45) is -0.760. The molecular formula is C15H22N2O3. The fraction of sp³-hybridized carbons (Fsp3) is 0.533. The first-order chi connectivity index (χ1) is 9.27. The molecule has 2 atom stereocenters. The Morgan fingerprint density at radius 1 is 1.45 bits per heavy atom. The van der Waals surface area contributed by atoms with Gasteiger partial charge in [-0.3, -0.25) is 4.79 Å². The lowest BCUT2D eigenvalue weighted by Gasteiger charge is -2.38. The number of nitrogens with zero attached hydrogens (tertiary/aromatic N) is 1. The first kappa shape index (κ1) is 14.8. The number of rotatable bonds is 3. The maximum atomic E-state index is 12.4. The van der Waals surface area contributed by atoms with Gasteiger partial charge in [0.2, 0.25) is 0 Å². The Labute approximate surface area is 119 Å². The van der Waals surface area contributed by atoms with Crippen LogP contribution in [-0.4, -0.2) is 29.2 Å². The Morgan fingerprint density at radius 3 is 2.65 bits per heavy atom. The number of anilines is 1. The van der Waals surface area contributed by atoms with Crippen LogP contribution in [0.1, 0.15) is 39.4 Å². The number of carbonyl (C=O) groups is 1. The fourth-order valence-electron chi connectivity index (χ4n) is 2.39. The molecule has 20 heavy (non-hydrogen) atoms. The third kappa shape index (κ3) is 2.39. The molecule has 0 aliphatic carbocycles. The summed E-state index contributed by atoms with van der Waals surface area (Å²) < 4.78 is 5.75. The molecule has 1 aromatic rings. The zero-order chi connectivity index (χ0) is 15.1. The monoisotopic (exact) mass is 278 g/mol. The van der Waals surface area contributed by atoms with Crippen LogP contribution in [0.2, 0.25) is 0 Å². The summed E-state index contributed by atoms with van der Waals surface area (Å²) in [5, 5.41) is 10.1. The van der Waals surface area contributed by atoms with Gasteiger partial charge in [0, 0.05) is 12.6 Å². The van der Waals surface area contributed by atoms with Gasteiger partial charge in [-0.1, -0.05) is 6.07 Å². The van der Waals surface area contributed by atoms with Gasteiger partial charge in [0.05, 0.1) is 11.8 Å². The van der Waals surface area contributed by atoms with Crippen molar-refractivity contribution in [3.05, 3.63) is 23.8 Å². The summed E-state index contributed by atoms with van der Waals surface area (Å²) in [7, 11) is 0. The molecule has 0 aromatic heterocycles. The first-order valence-corrected chi connectivity index (χ1v) is 6.86. The zero-order valence-corrected chi connectivity index (χ0v) is 12.4. The Kier molecular flexibility index (Phi) is 3.75. The Morgan fingerprint density at radius 2 is 2.10 bits per heavy atom. The number of carbonyl (C=O) groups excluding carboxylic acids is 1. The van der Waals surface area contributed by atoms with E-state index in [0.29, 0.717) is 23.5 Å². The minimum Gasteiger partial charge on any atom is -0.476 e. The summed E-state index contributed by atoms with van der Waals surface area (Å²) in [6.45, 7) is 7.72. The van der Waals surface area contributed by atoms with Gasteiger partial charge in [0.15, 0.2) is 5.60 Å². The SMILES string of the molecule is CCN1C(=O)C(C)(C)Oc2ccc(C(O)C(C)N)cc21. The average Bonchev–Trinajstić information content (AvgIpc) is 2.38. The zero-order valence-electron chi connectivity index (χ0n) is 12.4. The van der Waals surface area contributed by atoms with Crippen LogP contribution in [0.15, 0.2) is 18.2 Å². The van der Waals surface area contributed by atoms with E-state index in [4.69, 9.17) is 10.5 Å². The van der Waals surface area contributed by atoms with Crippen LogP contribution in [0.5, 0.6) is 5.75 Å². The maximum absolute atomic E-state index is 12.4. The quantitative estimate of drug-likeness (QED) is 0.880. The van der Waals surface area contributed by atoms with E-state index >= 15 is 0 Å². The third-order valence-corrected chi connectivity index (χ3v) is 3.55. The normalized spacial score (nSPS) is 20.1. The summed E-state index contributed by atoms with van der Waals surface area (Å²) >= 11 is 0. The second kappa shape index (κ2) is 5.07. The van der Waals surface area contributed by atoms with Crippen molar-refractivity contribution in [1.29, 1.82) is 0 Å². The highest BCUT2D eigenvalue weighted by Gasteiger charge is 2.40. The molecule has 110 valence electrons. The Bertz CT molecular complexity index is 526. The van der Waals surface area contributed by atoms with Gasteiger partial charge in [-0.2, -0.15) is 0 Å². The van der Waals surface area contributed by atoms with Crippen molar-refractivity contribution in [1.82, 2.24) is 0 Å². The average molecular weight is 278 g/mol. The maximum Gasteiger partial charge on any atom is 0.270 e. The van der Waals surface area contributed by atoms with E-state index in [2.05, 4.69) is 0 Å². The lowest BCUT2D eigenvalue weighted by Crippen LogP contribution is -2.52. The van der Waals surface area contributed by atoms with Crippen LogP contribution in [0, 0.1) is 0 Å². The van der Waals surface area contributed by atoms with Gasteiger partial charge in [0.25, 0.3) is 5.91 Å². The fourth-order valence-corrected chi connectivity index (χ4v) is 2.39. The molecule has 0 bridgehead atoms. The van der Waals surface area contributed by atoms with Crippen molar-refractivity contribution in [3.63, 3.8) is 0 Å². The van der Waals surface area contributed by atoms with Crippen molar-refractivity contribution in [3.8, 4) is 5.75 Å². The van der Waals surface area contributed by atoms with E-state index in [1.54, 1.807) is 43.9 Å². The van der Waals surface area contributed by atoms with Gasteiger partial charge >= 0.3 is 0 Å². The summed E-state index contributed by atoms with van der Waals surface area (Å²) in [5.74, 6) is 0.567. The van der Waals surface area contributed by atoms with Crippen LogP contribution < -0.4 is 15.4 Å². The largest absolute Gasteiger partial charge is 0.476 e. The van der Waals surface area contributed by atoms with Gasteiger partial charge in [0.1, 0.15) is 5.75 Å². The lowest BCUT2D eigenvalue weighted by atomic mass is 9.99. The second-order valence-electron chi connectivity index (χ2n) is 5.69. The number of ether oxygens (including phenoxy) is 1. The number of hydrogen-bond donors (Lipinski definition) is 2. The molecule has 0 saturated heterocycles. The molecule has 2 rings (SSSR count). The number of amides is 1. The Balaban J connectivity index is 2.48. The molecule has 0 radical (unpaired) electrons. The molecule has 0 fully saturated rings. The molecule has 2 unspecified atom stereocenters. The van der Waals surface area contributed by atoms with Crippen LogP contribution in [0.4, 0.5) is 5.69 Å². The second-order valence-corrected chi connectivity index (χ2v) is 5.69. The van der Waals surface area contributed by atoms with E-state index < -0.39 is 11.7 Å². The van der Waals surface area contributed by atoms with E-state index in [0.717, 1.165) is 0 Å². The number of aliphatic hydroxyl groups is 1. The lowest BCUT2D eigenvalue weighted by molar-refractivity contribution is -0.132. The molecule has 3 N–H and O–H groups in total. The molecule has 5 nitrogen and oxygen atoms in total. The van der Waals surface area contributed by atoms with E-state index in [1.807, 2.05) is 6.92 Å². The van der Waals surface area contributed by atoms with Crippen molar-refractivity contribution in [2.75, 3.05) is 11.4 Å². The molecule has 1 aliphatic heterocycles. The molecule has 1 aromatic carbocycles. The number of benzene rings is 1. The molecule has 1 amide bonds. The molecule has 1 aliphatic rings. The van der Waals surface area contributed by atoms with Crippen LogP contribution in [0.3, 0.4) is 0 Å². The summed E-state index contributed by atoms with van der Waals surface area (Å²) in [5.41, 5.74) is 6.23. The van der Waals surface area contributed by atoms with E-state index in [1.165, 1.54) is 0 Å². The predicted octanol–water partition coefficient (Wildman–Crippen LogP) is 1.59. The van der Waals surface area contributed by atoms with E-state index in [-0.39, 0.29) is 11.9 Å². The van der Waals surface area contributed by atoms with Crippen molar-refractivity contribution in [2.24, 2.45) is 5.73 Å². The van der Waals surface area contributed by atoms with Gasteiger partial charge in [-0.15, -0.1) is 0 Å². The highest BCUT2D eigenvalue weighted by Crippen LogP contribution is 2.39. The van der Waals surface area contributed by atoms with E-state index in [9.17, 15) is 9.90 Å². The number of nitrogens with two attached hydrogens (primary N) is 1. The molecule has 5 heteroatoms. The molecule has 0 saturated carbocycles. The van der Waals surface area contributed by atoms with Crippen LogP contribution in [-0.2, 0) is 4.79 Å². The minimum atomic E-state index is -0.871. The topological polar surface area (TPSA) is 75.8 Å². The highest BCUT2D eigenvalue weighted by molar-refractivity contribution is 6.02.